The van der Waals surface area contributed by atoms with Crippen LogP contribution in [0.25, 0.3) is 0 Å². The molecule has 0 saturated carbocycles. The van der Waals surface area contributed by atoms with Crippen LogP contribution in [0.15, 0.2) is 58.6 Å². The van der Waals surface area contributed by atoms with Crippen molar-refractivity contribution in [2.45, 2.75) is 18.8 Å². The minimum Gasteiger partial charge on any atom is -0.341 e. The summed E-state index contributed by atoms with van der Waals surface area (Å²) >= 11 is 0. The molecule has 0 bridgehead atoms. The van der Waals surface area contributed by atoms with E-state index in [0.29, 0.717) is 18.2 Å². The minimum absolute atomic E-state index is 0.0597. The van der Waals surface area contributed by atoms with Crippen molar-refractivity contribution < 1.29 is 31.1 Å². The number of amides is 1. The molecule has 1 aliphatic carbocycles. The van der Waals surface area contributed by atoms with Crippen molar-refractivity contribution in [3.63, 3.8) is 0 Å². The zero-order chi connectivity index (χ0) is 21.1. The lowest BCUT2D eigenvalue weighted by atomic mass is 10.1. The molecule has 0 fully saturated rings. The zero-order valence-electron chi connectivity index (χ0n) is 14.2. The van der Waals surface area contributed by atoms with Gasteiger partial charge in [0.25, 0.3) is 0 Å². The largest absolute Gasteiger partial charge is 0.416 e. The molecule has 0 aromatic heterocycles. The summed E-state index contributed by atoms with van der Waals surface area (Å²) in [6.07, 6.45) is -6.72. The second kappa shape index (κ2) is 7.87. The number of hydrogen-bond donors (Lipinski definition) is 1. The van der Waals surface area contributed by atoms with Gasteiger partial charge in [-0.3, -0.25) is 4.79 Å². The fourth-order valence-corrected chi connectivity index (χ4v) is 2.54. The molecule has 1 aliphatic rings. The second-order valence-electron chi connectivity index (χ2n) is 5.69. The molecule has 28 heavy (non-hydrogen) atoms. The van der Waals surface area contributed by atoms with Gasteiger partial charge in [-0.2, -0.15) is 26.3 Å². The highest BCUT2D eigenvalue weighted by atomic mass is 19.4. The fraction of sp³-hybridized carbons (Fsp3) is 0.235. The summed E-state index contributed by atoms with van der Waals surface area (Å²) in [7, 11) is 1.24. The van der Waals surface area contributed by atoms with Gasteiger partial charge in [0.1, 0.15) is 5.69 Å². The van der Waals surface area contributed by atoms with Crippen LogP contribution >= 0.6 is 0 Å². The summed E-state index contributed by atoms with van der Waals surface area (Å²) in [6, 6.07) is 2.17. The van der Waals surface area contributed by atoms with Crippen molar-refractivity contribution in [3.8, 4) is 0 Å². The third kappa shape index (κ3) is 4.59. The molecule has 2 rings (SSSR count). The molecule has 0 unspecified atom stereocenters. The predicted octanol–water partition coefficient (Wildman–Crippen LogP) is 4.95. The molecule has 1 amide bonds. The first-order valence-corrected chi connectivity index (χ1v) is 7.66. The molecule has 1 N–H and O–H groups in total. The number of halogens is 6. The van der Waals surface area contributed by atoms with E-state index < -0.39 is 29.9 Å². The van der Waals surface area contributed by atoms with Gasteiger partial charge in [-0.15, -0.1) is 4.91 Å². The van der Waals surface area contributed by atoms with Gasteiger partial charge in [0.05, 0.1) is 22.6 Å². The summed E-state index contributed by atoms with van der Waals surface area (Å²) in [4.78, 5) is 22.9. The minimum atomic E-state index is -4.71. The number of nitroso groups, excluding NO2 is 1. The maximum atomic E-state index is 13.1. The Morgan fingerprint density at radius 1 is 1.14 bits per heavy atom. The van der Waals surface area contributed by atoms with Crippen LogP contribution in [0.2, 0.25) is 0 Å². The van der Waals surface area contributed by atoms with Gasteiger partial charge in [0.2, 0.25) is 6.41 Å². The van der Waals surface area contributed by atoms with Crippen LogP contribution in [0, 0.1) is 4.91 Å². The van der Waals surface area contributed by atoms with Crippen LogP contribution in [-0.4, -0.2) is 19.6 Å². The van der Waals surface area contributed by atoms with E-state index in [1.165, 1.54) is 13.1 Å². The van der Waals surface area contributed by atoms with Gasteiger partial charge in [-0.1, -0.05) is 6.08 Å². The molecule has 0 radical (unpaired) electrons. The quantitative estimate of drug-likeness (QED) is 0.429. The van der Waals surface area contributed by atoms with Crippen molar-refractivity contribution in [1.29, 1.82) is 0 Å². The molecule has 11 heteroatoms. The first-order chi connectivity index (χ1) is 13.0. The molecule has 0 heterocycles. The third-order valence-corrected chi connectivity index (χ3v) is 3.91. The number of carbonyl (C=O) groups excluding carboxylic acids is 1. The number of rotatable bonds is 5. The number of allylic oxidation sites excluding steroid dienone is 4. The Morgan fingerprint density at radius 2 is 1.82 bits per heavy atom. The van der Waals surface area contributed by atoms with Crippen molar-refractivity contribution in [3.05, 3.63) is 63.9 Å². The molecule has 5 nitrogen and oxygen atoms in total. The van der Waals surface area contributed by atoms with Crippen LogP contribution in [0.5, 0.6) is 0 Å². The highest BCUT2D eigenvalue weighted by molar-refractivity contribution is 5.72. The first-order valence-electron chi connectivity index (χ1n) is 7.66. The van der Waals surface area contributed by atoms with E-state index in [1.54, 1.807) is 0 Å². The lowest BCUT2D eigenvalue weighted by Gasteiger charge is -2.24. The predicted molar refractivity (Wildman–Crippen MR) is 89.4 cm³/mol. The number of nitrogens with one attached hydrogen (secondary N) is 1. The van der Waals surface area contributed by atoms with Crippen LogP contribution in [0.1, 0.15) is 12.0 Å². The molecule has 150 valence electrons. The maximum Gasteiger partial charge on any atom is 0.416 e. The Hall–Kier alpha value is -3.11. The van der Waals surface area contributed by atoms with Crippen LogP contribution in [0.4, 0.5) is 37.7 Å². The topological polar surface area (TPSA) is 61.8 Å². The number of benzene rings is 1. The normalized spacial score (nSPS) is 15.0. The first kappa shape index (κ1) is 21.2. The van der Waals surface area contributed by atoms with Gasteiger partial charge < -0.3 is 10.2 Å². The van der Waals surface area contributed by atoms with Crippen LogP contribution in [-0.2, 0) is 11.0 Å². The summed E-state index contributed by atoms with van der Waals surface area (Å²) in [5, 5.41) is 4.78. The number of carbonyl (C=O) groups is 1. The summed E-state index contributed by atoms with van der Waals surface area (Å²) in [5.74, 6) is 0. The molecule has 1 aromatic carbocycles. The highest BCUT2D eigenvalue weighted by Gasteiger charge is 2.34. The SMILES string of the molecule is CN(C1=C(NC=O)C=C(C(F)(F)F)CC=C1)c1cc(C(F)(F)F)ccc1N=O. The summed E-state index contributed by atoms with van der Waals surface area (Å²) in [6.45, 7) is 0. The maximum absolute atomic E-state index is 13.1. The number of alkyl halides is 6. The Kier molecular flexibility index (Phi) is 5.95. The molecule has 0 spiro atoms. The highest BCUT2D eigenvalue weighted by Crippen LogP contribution is 2.39. The van der Waals surface area contributed by atoms with Gasteiger partial charge in [0, 0.05) is 12.6 Å². The number of nitrogens with zero attached hydrogens (tertiary/aromatic N) is 2. The Morgan fingerprint density at radius 3 is 2.36 bits per heavy atom. The number of hydrogen-bond acceptors (Lipinski definition) is 4. The van der Waals surface area contributed by atoms with Gasteiger partial charge >= 0.3 is 12.4 Å². The summed E-state index contributed by atoms with van der Waals surface area (Å²) < 4.78 is 78.2. The number of anilines is 1. The van der Waals surface area contributed by atoms with Crippen molar-refractivity contribution in [2.75, 3.05) is 11.9 Å². The average Bonchev–Trinajstić information content (AvgIpc) is 2.82. The van der Waals surface area contributed by atoms with E-state index in [9.17, 15) is 36.0 Å². The van der Waals surface area contributed by atoms with Crippen LogP contribution in [0.3, 0.4) is 0 Å². The Labute approximate surface area is 155 Å². The second-order valence-corrected chi connectivity index (χ2v) is 5.69. The molecule has 1 aromatic rings. The molecule has 0 aliphatic heterocycles. The molecule has 0 saturated heterocycles. The average molecular weight is 405 g/mol. The van der Waals surface area contributed by atoms with Gasteiger partial charge in [0.15, 0.2) is 0 Å². The molecular weight excluding hydrogens is 392 g/mol. The fourth-order valence-electron chi connectivity index (χ4n) is 2.54. The lowest BCUT2D eigenvalue weighted by molar-refractivity contribution is -0.137. The lowest BCUT2D eigenvalue weighted by Crippen LogP contribution is -2.23. The monoisotopic (exact) mass is 405 g/mol. The zero-order valence-corrected chi connectivity index (χ0v) is 14.2. The summed E-state index contributed by atoms with van der Waals surface area (Å²) in [5.41, 5.74) is -3.04. The van der Waals surface area contributed by atoms with E-state index in [0.717, 1.165) is 17.0 Å². The van der Waals surface area contributed by atoms with Crippen molar-refractivity contribution >= 4 is 17.8 Å². The van der Waals surface area contributed by atoms with Gasteiger partial charge in [-0.25, -0.2) is 0 Å². The number of likely N-dealkylation sites (N-methyl/N-ethyl adjacent to an activating group) is 1. The van der Waals surface area contributed by atoms with Crippen molar-refractivity contribution in [2.24, 2.45) is 5.18 Å². The van der Waals surface area contributed by atoms with Crippen molar-refractivity contribution in [1.82, 2.24) is 5.32 Å². The standard InChI is InChI=1S/C17H13F6N3O2/c1-26(15-8-11(17(21,22)23)5-6-12(15)25-28)14-4-2-3-10(16(18,19)20)7-13(14)24-9-27/h2,4-9H,3H2,1H3,(H,24,27). The Balaban J connectivity index is 2.65. The van der Waals surface area contributed by atoms with Crippen LogP contribution < -0.4 is 10.2 Å². The molecule has 0 atom stereocenters. The third-order valence-electron chi connectivity index (χ3n) is 3.91. The Bertz CT molecular complexity index is 869. The van der Waals surface area contributed by atoms with E-state index in [4.69, 9.17) is 0 Å². The van der Waals surface area contributed by atoms with E-state index >= 15 is 0 Å². The molecular formula is C17H13F6N3O2. The van der Waals surface area contributed by atoms with E-state index in [2.05, 4.69) is 10.5 Å². The van der Waals surface area contributed by atoms with Gasteiger partial charge in [-0.05, 0) is 41.9 Å². The van der Waals surface area contributed by atoms with E-state index in [-0.39, 0.29) is 29.2 Å². The van der Waals surface area contributed by atoms with E-state index in [1.807, 2.05) is 0 Å². The smallest absolute Gasteiger partial charge is 0.341 e.